The van der Waals surface area contributed by atoms with Crippen LogP contribution in [0.2, 0.25) is 0 Å². The molecular weight excluding hydrogens is 278 g/mol. The highest BCUT2D eigenvalue weighted by molar-refractivity contribution is 5.95. The van der Waals surface area contributed by atoms with Gasteiger partial charge in [-0.15, -0.1) is 0 Å². The molecule has 0 saturated carbocycles. The van der Waals surface area contributed by atoms with E-state index in [1.54, 1.807) is 24.3 Å². The maximum Gasteiger partial charge on any atom is 0.338 e. The van der Waals surface area contributed by atoms with Crippen molar-refractivity contribution in [3.8, 4) is 0 Å². The molecule has 1 N–H and O–H groups in total. The van der Waals surface area contributed by atoms with E-state index < -0.39 is 5.97 Å². The van der Waals surface area contributed by atoms with Crippen LogP contribution in [-0.2, 0) is 9.53 Å². The summed E-state index contributed by atoms with van der Waals surface area (Å²) in [5, 5.41) is 2.70. The molecule has 0 atom stereocenters. The molecule has 0 unspecified atom stereocenters. The summed E-state index contributed by atoms with van der Waals surface area (Å²) in [6.07, 6.45) is 0. The van der Waals surface area contributed by atoms with Crippen LogP contribution in [0.25, 0.3) is 0 Å². The van der Waals surface area contributed by atoms with Crippen LogP contribution in [0.5, 0.6) is 0 Å². The lowest BCUT2D eigenvalue weighted by Gasteiger charge is -2.09. The lowest BCUT2D eigenvalue weighted by atomic mass is 10.0. The Balaban J connectivity index is 1.84. The smallest absolute Gasteiger partial charge is 0.338 e. The minimum atomic E-state index is -0.508. The second kappa shape index (κ2) is 7.41. The first-order valence-electron chi connectivity index (χ1n) is 7.18. The number of nitrogens with one attached hydrogen (secondary N) is 1. The van der Waals surface area contributed by atoms with Gasteiger partial charge in [-0.3, -0.25) is 4.79 Å². The summed E-state index contributed by atoms with van der Waals surface area (Å²) < 4.78 is 4.97. The van der Waals surface area contributed by atoms with Gasteiger partial charge in [0.05, 0.1) is 5.56 Å². The Hall–Kier alpha value is -2.62. The zero-order chi connectivity index (χ0) is 15.9. The van der Waals surface area contributed by atoms with Crippen LogP contribution in [0.1, 0.15) is 35.7 Å². The molecule has 0 aromatic heterocycles. The summed E-state index contributed by atoms with van der Waals surface area (Å²) in [7, 11) is 0. The fraction of sp³-hybridized carbons (Fsp3) is 0.222. The molecule has 0 fully saturated rings. The Bertz CT molecular complexity index is 633. The third-order valence-corrected chi connectivity index (χ3v) is 3.20. The summed E-state index contributed by atoms with van der Waals surface area (Å²) in [6.45, 7) is 3.91. The molecule has 4 heteroatoms. The number of hydrogen-bond donors (Lipinski definition) is 1. The lowest BCUT2D eigenvalue weighted by molar-refractivity contribution is -0.119. The van der Waals surface area contributed by atoms with Gasteiger partial charge in [-0.2, -0.15) is 0 Å². The number of benzene rings is 2. The third-order valence-electron chi connectivity index (χ3n) is 3.20. The van der Waals surface area contributed by atoms with Crippen LogP contribution in [0.15, 0.2) is 54.6 Å². The van der Waals surface area contributed by atoms with Crippen LogP contribution < -0.4 is 5.32 Å². The molecule has 0 aliphatic carbocycles. The first-order valence-corrected chi connectivity index (χ1v) is 7.18. The number of anilines is 1. The standard InChI is InChI=1S/C18H19NO3/c1-13(2)14-8-10-16(11-9-14)19-17(20)12-22-18(21)15-6-4-3-5-7-15/h3-11,13H,12H2,1-2H3,(H,19,20). The van der Waals surface area contributed by atoms with Crippen molar-refractivity contribution >= 4 is 17.6 Å². The summed E-state index contributed by atoms with van der Waals surface area (Å²) in [6, 6.07) is 16.2. The van der Waals surface area contributed by atoms with Crippen molar-refractivity contribution < 1.29 is 14.3 Å². The number of amides is 1. The largest absolute Gasteiger partial charge is 0.452 e. The topological polar surface area (TPSA) is 55.4 Å². The molecule has 2 aromatic rings. The van der Waals surface area contributed by atoms with E-state index in [0.717, 1.165) is 0 Å². The van der Waals surface area contributed by atoms with Gasteiger partial charge in [0.1, 0.15) is 0 Å². The monoisotopic (exact) mass is 297 g/mol. The van der Waals surface area contributed by atoms with Crippen molar-refractivity contribution in [1.29, 1.82) is 0 Å². The van der Waals surface area contributed by atoms with Crippen LogP contribution >= 0.6 is 0 Å². The predicted octanol–water partition coefficient (Wildman–Crippen LogP) is 3.61. The van der Waals surface area contributed by atoms with Crippen molar-refractivity contribution in [3.63, 3.8) is 0 Å². The number of carbonyl (C=O) groups excluding carboxylic acids is 2. The van der Waals surface area contributed by atoms with E-state index in [0.29, 0.717) is 17.2 Å². The van der Waals surface area contributed by atoms with Crippen LogP contribution in [-0.4, -0.2) is 18.5 Å². The Labute approximate surface area is 130 Å². The Kier molecular flexibility index (Phi) is 5.31. The van der Waals surface area contributed by atoms with E-state index in [1.807, 2.05) is 30.3 Å². The molecule has 2 aromatic carbocycles. The molecule has 0 spiro atoms. The van der Waals surface area contributed by atoms with Gasteiger partial charge in [0.2, 0.25) is 0 Å². The number of hydrogen-bond acceptors (Lipinski definition) is 3. The summed E-state index contributed by atoms with van der Waals surface area (Å²) in [5.41, 5.74) is 2.32. The van der Waals surface area contributed by atoms with E-state index in [-0.39, 0.29) is 12.5 Å². The molecule has 2 rings (SSSR count). The highest BCUT2D eigenvalue weighted by Gasteiger charge is 2.10. The van der Waals surface area contributed by atoms with Crippen molar-refractivity contribution in [2.75, 3.05) is 11.9 Å². The highest BCUT2D eigenvalue weighted by Crippen LogP contribution is 2.17. The molecule has 0 heterocycles. The van der Waals surface area contributed by atoms with Crippen molar-refractivity contribution in [1.82, 2.24) is 0 Å². The van der Waals surface area contributed by atoms with Gasteiger partial charge >= 0.3 is 5.97 Å². The Morgan fingerprint density at radius 3 is 2.23 bits per heavy atom. The molecule has 0 aliphatic heterocycles. The van der Waals surface area contributed by atoms with Gasteiger partial charge < -0.3 is 10.1 Å². The first kappa shape index (κ1) is 15.8. The molecule has 0 saturated heterocycles. The van der Waals surface area contributed by atoms with Gasteiger partial charge in [-0.1, -0.05) is 44.2 Å². The number of ether oxygens (including phenoxy) is 1. The van der Waals surface area contributed by atoms with Crippen LogP contribution in [0.3, 0.4) is 0 Å². The summed E-state index contributed by atoms with van der Waals surface area (Å²) >= 11 is 0. The molecule has 22 heavy (non-hydrogen) atoms. The SMILES string of the molecule is CC(C)c1ccc(NC(=O)COC(=O)c2ccccc2)cc1. The van der Waals surface area contributed by atoms with Gasteiger partial charge in [0, 0.05) is 5.69 Å². The fourth-order valence-corrected chi connectivity index (χ4v) is 1.94. The van der Waals surface area contributed by atoms with E-state index >= 15 is 0 Å². The average molecular weight is 297 g/mol. The quantitative estimate of drug-likeness (QED) is 0.858. The normalized spacial score (nSPS) is 10.3. The predicted molar refractivity (Wildman–Crippen MR) is 85.9 cm³/mol. The summed E-state index contributed by atoms with van der Waals surface area (Å²) in [4.78, 5) is 23.5. The minimum Gasteiger partial charge on any atom is -0.452 e. The van der Waals surface area contributed by atoms with Crippen LogP contribution in [0, 0.1) is 0 Å². The van der Waals surface area contributed by atoms with Crippen molar-refractivity contribution in [3.05, 3.63) is 65.7 Å². The molecule has 1 amide bonds. The molecule has 0 radical (unpaired) electrons. The number of rotatable bonds is 5. The maximum atomic E-state index is 11.8. The summed E-state index contributed by atoms with van der Waals surface area (Å²) in [5.74, 6) is -0.427. The Morgan fingerprint density at radius 1 is 1.00 bits per heavy atom. The average Bonchev–Trinajstić information content (AvgIpc) is 2.54. The minimum absolute atomic E-state index is 0.306. The molecule has 0 aliphatic rings. The van der Waals surface area contributed by atoms with E-state index in [9.17, 15) is 9.59 Å². The zero-order valence-corrected chi connectivity index (χ0v) is 12.7. The zero-order valence-electron chi connectivity index (χ0n) is 12.7. The van der Waals surface area contributed by atoms with Gasteiger partial charge in [0.15, 0.2) is 6.61 Å². The second-order valence-corrected chi connectivity index (χ2v) is 5.27. The second-order valence-electron chi connectivity index (χ2n) is 5.27. The third kappa shape index (κ3) is 4.45. The first-order chi connectivity index (χ1) is 10.6. The molecule has 0 bridgehead atoms. The number of carbonyl (C=O) groups is 2. The van der Waals surface area contributed by atoms with Gasteiger partial charge in [-0.25, -0.2) is 4.79 Å². The van der Waals surface area contributed by atoms with Crippen molar-refractivity contribution in [2.24, 2.45) is 0 Å². The molecule has 114 valence electrons. The van der Waals surface area contributed by atoms with E-state index in [4.69, 9.17) is 4.74 Å². The van der Waals surface area contributed by atoms with E-state index in [2.05, 4.69) is 19.2 Å². The Morgan fingerprint density at radius 2 is 1.64 bits per heavy atom. The van der Waals surface area contributed by atoms with Crippen LogP contribution in [0.4, 0.5) is 5.69 Å². The van der Waals surface area contributed by atoms with Gasteiger partial charge in [0.25, 0.3) is 5.91 Å². The fourth-order valence-electron chi connectivity index (χ4n) is 1.94. The molecule has 4 nitrogen and oxygen atoms in total. The van der Waals surface area contributed by atoms with Crippen molar-refractivity contribution in [2.45, 2.75) is 19.8 Å². The van der Waals surface area contributed by atoms with Gasteiger partial charge in [-0.05, 0) is 35.7 Å². The highest BCUT2D eigenvalue weighted by atomic mass is 16.5. The number of esters is 1. The lowest BCUT2D eigenvalue weighted by Crippen LogP contribution is -2.20. The molecular formula is C18H19NO3. The van der Waals surface area contributed by atoms with E-state index in [1.165, 1.54) is 5.56 Å². The maximum absolute atomic E-state index is 11.8.